The molecule has 2 aromatic carbocycles. The number of halogens is 1. The SMILES string of the molecule is CN(C)c1cccc2c(S(=O)(=O)N3C(=O)C=C(Br)C3=O)cccc12. The van der Waals surface area contributed by atoms with Crippen LogP contribution in [-0.4, -0.2) is 38.6 Å². The summed E-state index contributed by atoms with van der Waals surface area (Å²) in [5, 5.41) is 1.17. The highest BCUT2D eigenvalue weighted by molar-refractivity contribution is 9.12. The van der Waals surface area contributed by atoms with E-state index in [9.17, 15) is 18.0 Å². The second-order valence-electron chi connectivity index (χ2n) is 5.43. The third-order valence-corrected chi connectivity index (χ3v) is 6.00. The van der Waals surface area contributed by atoms with Crippen LogP contribution in [0.15, 0.2) is 51.9 Å². The summed E-state index contributed by atoms with van der Waals surface area (Å²) < 4.78 is 26.0. The van der Waals surface area contributed by atoms with Gasteiger partial charge in [0.1, 0.15) is 0 Å². The van der Waals surface area contributed by atoms with E-state index in [2.05, 4.69) is 15.9 Å². The van der Waals surface area contributed by atoms with Crippen molar-refractivity contribution in [1.82, 2.24) is 4.31 Å². The Hall–Kier alpha value is -2.19. The summed E-state index contributed by atoms with van der Waals surface area (Å²) in [6.07, 6.45) is 0.955. The second kappa shape index (κ2) is 5.71. The van der Waals surface area contributed by atoms with Crippen molar-refractivity contribution in [2.24, 2.45) is 0 Å². The van der Waals surface area contributed by atoms with Crippen molar-refractivity contribution in [3.63, 3.8) is 0 Å². The number of hydrogen-bond acceptors (Lipinski definition) is 5. The number of rotatable bonds is 3. The van der Waals surface area contributed by atoms with Crippen molar-refractivity contribution in [3.8, 4) is 0 Å². The quantitative estimate of drug-likeness (QED) is 0.727. The molecular weight excluding hydrogens is 396 g/mol. The van der Waals surface area contributed by atoms with E-state index in [1.165, 1.54) is 6.07 Å². The van der Waals surface area contributed by atoms with Crippen LogP contribution in [0.1, 0.15) is 0 Å². The number of anilines is 1. The molecule has 0 radical (unpaired) electrons. The van der Waals surface area contributed by atoms with Gasteiger partial charge >= 0.3 is 0 Å². The summed E-state index contributed by atoms with van der Waals surface area (Å²) in [4.78, 5) is 25.8. The molecule has 0 atom stereocenters. The number of imide groups is 1. The van der Waals surface area contributed by atoms with Crippen molar-refractivity contribution in [2.45, 2.75) is 4.90 Å². The van der Waals surface area contributed by atoms with Gasteiger partial charge in [0.05, 0.1) is 9.38 Å². The molecule has 0 aromatic heterocycles. The molecule has 1 aliphatic rings. The highest BCUT2D eigenvalue weighted by atomic mass is 79.9. The molecule has 0 saturated heterocycles. The van der Waals surface area contributed by atoms with Crippen molar-refractivity contribution >= 4 is 54.2 Å². The number of carbonyl (C=O) groups excluding carboxylic acids is 2. The Balaban J connectivity index is 2.25. The van der Waals surface area contributed by atoms with Gasteiger partial charge in [-0.2, -0.15) is 4.31 Å². The first kappa shape index (κ1) is 16.7. The van der Waals surface area contributed by atoms with Crippen LogP contribution in [0.3, 0.4) is 0 Å². The fraction of sp³-hybridized carbons (Fsp3) is 0.125. The highest BCUT2D eigenvalue weighted by Gasteiger charge is 2.40. The van der Waals surface area contributed by atoms with Gasteiger partial charge in [-0.3, -0.25) is 9.59 Å². The van der Waals surface area contributed by atoms with E-state index in [4.69, 9.17) is 0 Å². The number of sulfonamides is 1. The molecule has 0 spiro atoms. The molecule has 2 amide bonds. The molecule has 24 heavy (non-hydrogen) atoms. The van der Waals surface area contributed by atoms with Gasteiger partial charge in [-0.05, 0) is 28.1 Å². The van der Waals surface area contributed by atoms with Crippen LogP contribution in [0.2, 0.25) is 0 Å². The van der Waals surface area contributed by atoms with Crippen molar-refractivity contribution in [2.75, 3.05) is 19.0 Å². The molecule has 0 saturated carbocycles. The molecule has 1 heterocycles. The first-order chi connectivity index (χ1) is 11.2. The molecule has 0 bridgehead atoms. The van der Waals surface area contributed by atoms with Crippen LogP contribution in [-0.2, 0) is 19.6 Å². The molecule has 0 N–H and O–H groups in total. The third-order valence-electron chi connectivity index (χ3n) is 3.70. The van der Waals surface area contributed by atoms with E-state index in [-0.39, 0.29) is 13.7 Å². The van der Waals surface area contributed by atoms with Crippen molar-refractivity contribution in [1.29, 1.82) is 0 Å². The Morgan fingerprint density at radius 1 is 1.00 bits per heavy atom. The van der Waals surface area contributed by atoms with Crippen LogP contribution in [0.4, 0.5) is 5.69 Å². The number of fused-ring (bicyclic) bond motifs is 1. The van der Waals surface area contributed by atoms with Crippen LogP contribution < -0.4 is 4.90 Å². The number of amides is 2. The van der Waals surface area contributed by atoms with Gasteiger partial charge in [0.15, 0.2) is 0 Å². The van der Waals surface area contributed by atoms with Gasteiger partial charge < -0.3 is 4.90 Å². The Labute approximate surface area is 147 Å². The summed E-state index contributed by atoms with van der Waals surface area (Å²) in [5.74, 6) is -1.77. The lowest BCUT2D eigenvalue weighted by molar-refractivity contribution is -0.130. The minimum Gasteiger partial charge on any atom is -0.377 e. The first-order valence-electron chi connectivity index (χ1n) is 6.95. The fourth-order valence-electron chi connectivity index (χ4n) is 2.63. The maximum Gasteiger partial charge on any atom is 0.282 e. The molecule has 6 nitrogen and oxygen atoms in total. The molecule has 124 valence electrons. The fourth-order valence-corrected chi connectivity index (χ4v) is 4.63. The zero-order chi connectivity index (χ0) is 17.6. The predicted molar refractivity (Wildman–Crippen MR) is 94.3 cm³/mol. The van der Waals surface area contributed by atoms with E-state index >= 15 is 0 Å². The Bertz CT molecular complexity index is 1010. The molecule has 8 heteroatoms. The molecule has 0 fully saturated rings. The number of carbonyl (C=O) groups is 2. The van der Waals surface area contributed by atoms with Gasteiger partial charge in [-0.15, -0.1) is 0 Å². The number of hydrogen-bond donors (Lipinski definition) is 0. The molecule has 0 unspecified atom stereocenters. The average molecular weight is 409 g/mol. The minimum atomic E-state index is -4.31. The van der Waals surface area contributed by atoms with E-state index < -0.39 is 21.8 Å². The van der Waals surface area contributed by atoms with Crippen molar-refractivity contribution < 1.29 is 18.0 Å². The van der Waals surface area contributed by atoms with E-state index in [1.54, 1.807) is 24.3 Å². The highest BCUT2D eigenvalue weighted by Crippen LogP contribution is 2.33. The van der Waals surface area contributed by atoms with E-state index in [1.807, 2.05) is 25.1 Å². The summed E-state index contributed by atoms with van der Waals surface area (Å²) in [7, 11) is -0.602. The number of benzene rings is 2. The average Bonchev–Trinajstić information content (AvgIpc) is 2.78. The maximum absolute atomic E-state index is 12.9. The summed E-state index contributed by atoms with van der Waals surface area (Å²) >= 11 is 2.91. The van der Waals surface area contributed by atoms with Gasteiger partial charge in [-0.1, -0.05) is 24.3 Å². The normalized spacial score (nSPS) is 15.1. The Kier molecular flexibility index (Phi) is 3.97. The lowest BCUT2D eigenvalue weighted by atomic mass is 10.1. The topological polar surface area (TPSA) is 74.8 Å². The van der Waals surface area contributed by atoms with Crippen molar-refractivity contribution in [3.05, 3.63) is 47.0 Å². The Morgan fingerprint density at radius 2 is 1.62 bits per heavy atom. The van der Waals surface area contributed by atoms with Gasteiger partial charge in [-0.25, -0.2) is 8.42 Å². The summed E-state index contributed by atoms with van der Waals surface area (Å²) in [5.41, 5.74) is 0.836. The van der Waals surface area contributed by atoms with Crippen LogP contribution >= 0.6 is 15.9 Å². The van der Waals surface area contributed by atoms with E-state index in [0.717, 1.165) is 17.1 Å². The Morgan fingerprint density at radius 3 is 2.21 bits per heavy atom. The standard InChI is InChI=1S/C16H13BrN2O4S/c1-18(2)13-7-3-6-11-10(13)5-4-8-14(11)24(22,23)19-15(20)9-12(17)16(19)21/h3-9H,1-2H3. The lowest BCUT2D eigenvalue weighted by Crippen LogP contribution is -2.36. The summed E-state index contributed by atoms with van der Waals surface area (Å²) in [6.45, 7) is 0. The molecule has 2 aromatic rings. The zero-order valence-electron chi connectivity index (χ0n) is 12.9. The zero-order valence-corrected chi connectivity index (χ0v) is 15.3. The smallest absolute Gasteiger partial charge is 0.282 e. The third kappa shape index (κ3) is 2.42. The maximum atomic E-state index is 12.9. The molecular formula is C16H13BrN2O4S. The molecule has 1 aliphatic heterocycles. The minimum absolute atomic E-state index is 0.0784. The van der Waals surface area contributed by atoms with Crippen LogP contribution in [0.5, 0.6) is 0 Å². The predicted octanol–water partition coefficient (Wildman–Crippen LogP) is 2.24. The lowest BCUT2D eigenvalue weighted by Gasteiger charge is -2.19. The summed E-state index contributed by atoms with van der Waals surface area (Å²) in [6, 6.07) is 10.0. The molecule has 0 aliphatic carbocycles. The molecule has 3 rings (SSSR count). The van der Waals surface area contributed by atoms with Crippen LogP contribution in [0.25, 0.3) is 10.8 Å². The van der Waals surface area contributed by atoms with Crippen LogP contribution in [0, 0.1) is 0 Å². The van der Waals surface area contributed by atoms with Gasteiger partial charge in [0, 0.05) is 36.6 Å². The largest absolute Gasteiger partial charge is 0.377 e. The van der Waals surface area contributed by atoms with E-state index in [0.29, 0.717) is 5.39 Å². The second-order valence-corrected chi connectivity index (χ2v) is 8.04. The van der Waals surface area contributed by atoms with Gasteiger partial charge in [0.2, 0.25) is 0 Å². The van der Waals surface area contributed by atoms with Gasteiger partial charge in [0.25, 0.3) is 21.8 Å². The number of nitrogens with zero attached hydrogens (tertiary/aromatic N) is 2. The first-order valence-corrected chi connectivity index (χ1v) is 9.18. The monoisotopic (exact) mass is 408 g/mol.